The van der Waals surface area contributed by atoms with Gasteiger partial charge in [-0.3, -0.25) is 0 Å². The first-order valence-electron chi connectivity index (χ1n) is 9.84. The molecule has 0 amide bonds. The Labute approximate surface area is 183 Å². The summed E-state index contributed by atoms with van der Waals surface area (Å²) in [5.41, 5.74) is 9.33. The molecule has 1 atom stereocenters. The molecule has 1 unspecified atom stereocenters. The average Bonchev–Trinajstić information content (AvgIpc) is 2.75. The van der Waals surface area contributed by atoms with Gasteiger partial charge in [-0.2, -0.15) is 0 Å². The van der Waals surface area contributed by atoms with Gasteiger partial charge in [-0.05, 0) is 30.7 Å². The van der Waals surface area contributed by atoms with Crippen molar-refractivity contribution in [3.05, 3.63) is 64.8 Å². The number of benzene rings is 2. The number of hydrogen-bond donors (Lipinski definition) is 1. The lowest BCUT2D eigenvalue weighted by molar-refractivity contribution is 0.271. The van der Waals surface area contributed by atoms with Crippen LogP contribution in [0.1, 0.15) is 33.6 Å². The summed E-state index contributed by atoms with van der Waals surface area (Å²) >= 11 is 12.0. The fourth-order valence-electron chi connectivity index (χ4n) is 2.72. The molecule has 3 aromatic rings. The highest BCUT2D eigenvalue weighted by molar-refractivity contribution is 6.31. The van der Waals surface area contributed by atoms with Gasteiger partial charge >= 0.3 is 0 Å². The molecule has 29 heavy (non-hydrogen) atoms. The second kappa shape index (κ2) is 11.8. The summed E-state index contributed by atoms with van der Waals surface area (Å²) in [4.78, 5) is 9.28. The van der Waals surface area contributed by atoms with E-state index < -0.39 is 0 Å². The third-order valence-corrected chi connectivity index (χ3v) is 4.59. The van der Waals surface area contributed by atoms with Crippen molar-refractivity contribution in [2.45, 2.75) is 39.7 Å². The van der Waals surface area contributed by atoms with Gasteiger partial charge in [0.2, 0.25) is 5.88 Å². The second-order valence-electron chi connectivity index (χ2n) is 6.28. The number of nitrogens with zero attached hydrogens (tertiary/aromatic N) is 2. The molecule has 0 saturated carbocycles. The maximum Gasteiger partial charge on any atom is 0.232 e. The zero-order valence-corrected chi connectivity index (χ0v) is 18.5. The quantitative estimate of drug-likeness (QED) is 0.454. The summed E-state index contributed by atoms with van der Waals surface area (Å²) in [6.45, 7) is 6.50. The molecule has 0 fully saturated rings. The zero-order chi connectivity index (χ0) is 21.2. The summed E-state index contributed by atoms with van der Waals surface area (Å²) in [6.07, 6.45) is 3.55. The third-order valence-electron chi connectivity index (χ3n) is 4.09. The average molecular weight is 432 g/mol. The van der Waals surface area contributed by atoms with Crippen molar-refractivity contribution >= 4 is 23.2 Å². The molecule has 0 radical (unpaired) electrons. The molecule has 4 nitrogen and oxygen atoms in total. The molecule has 2 aromatic carbocycles. The first kappa shape index (κ1) is 23.1. The molecule has 1 aromatic heterocycles. The Morgan fingerprint density at radius 3 is 1.93 bits per heavy atom. The maximum absolute atomic E-state index is 6.03. The van der Waals surface area contributed by atoms with Gasteiger partial charge in [-0.25, -0.2) is 9.97 Å². The molecular weight excluding hydrogens is 405 g/mol. The van der Waals surface area contributed by atoms with Crippen LogP contribution < -0.4 is 10.5 Å². The lowest BCUT2D eigenvalue weighted by Gasteiger charge is -2.14. The minimum absolute atomic E-state index is 0.0216. The van der Waals surface area contributed by atoms with E-state index in [-0.39, 0.29) is 6.04 Å². The molecule has 0 saturated heterocycles. The number of aromatic nitrogens is 2. The molecule has 3 rings (SSSR count). The highest BCUT2D eigenvalue weighted by atomic mass is 35.5. The molecule has 1 heterocycles. The van der Waals surface area contributed by atoms with E-state index in [9.17, 15) is 0 Å². The molecule has 154 valence electrons. The third kappa shape index (κ3) is 6.70. The largest absolute Gasteiger partial charge is 0.475 e. The van der Waals surface area contributed by atoms with Crippen LogP contribution in [0.2, 0.25) is 10.0 Å². The van der Waals surface area contributed by atoms with Gasteiger partial charge < -0.3 is 10.5 Å². The molecule has 0 aliphatic carbocycles. The van der Waals surface area contributed by atoms with E-state index in [1.807, 2.05) is 62.4 Å². The van der Waals surface area contributed by atoms with Gasteiger partial charge in [0, 0.05) is 27.2 Å². The Bertz CT molecular complexity index is 884. The maximum atomic E-state index is 6.03. The molecular formula is C23H27Cl2N3O. The number of rotatable bonds is 7. The van der Waals surface area contributed by atoms with Gasteiger partial charge in [0.05, 0.1) is 11.9 Å². The smallest absolute Gasteiger partial charge is 0.232 e. The van der Waals surface area contributed by atoms with E-state index in [1.165, 1.54) is 0 Å². The minimum atomic E-state index is -0.0216. The fraction of sp³-hybridized carbons (Fsp3) is 0.304. The topological polar surface area (TPSA) is 61.0 Å². The van der Waals surface area contributed by atoms with Crippen LogP contribution in [0.15, 0.2) is 54.7 Å². The van der Waals surface area contributed by atoms with Gasteiger partial charge in [0.15, 0.2) is 0 Å². The summed E-state index contributed by atoms with van der Waals surface area (Å²) in [7, 11) is 0. The molecule has 0 bridgehead atoms. The minimum Gasteiger partial charge on any atom is -0.475 e. The Balaban J connectivity index is 0.00000145. The Morgan fingerprint density at radius 1 is 0.897 bits per heavy atom. The lowest BCUT2D eigenvalue weighted by Crippen LogP contribution is -2.27. The number of halogens is 2. The van der Waals surface area contributed by atoms with Crippen LogP contribution in [0.25, 0.3) is 22.5 Å². The Kier molecular flexibility index (Phi) is 9.39. The van der Waals surface area contributed by atoms with Crippen LogP contribution in [0.3, 0.4) is 0 Å². The molecule has 0 aliphatic rings. The Hall–Kier alpha value is -2.14. The number of hydrogen-bond acceptors (Lipinski definition) is 4. The van der Waals surface area contributed by atoms with Crippen molar-refractivity contribution in [1.29, 1.82) is 0 Å². The van der Waals surface area contributed by atoms with Crippen molar-refractivity contribution in [3.63, 3.8) is 0 Å². The van der Waals surface area contributed by atoms with Crippen LogP contribution in [0.5, 0.6) is 5.88 Å². The van der Waals surface area contributed by atoms with Crippen LogP contribution in [-0.2, 0) is 0 Å². The molecule has 2 N–H and O–H groups in total. The molecule has 0 aliphatic heterocycles. The number of ether oxygens (including phenoxy) is 1. The highest BCUT2D eigenvalue weighted by Crippen LogP contribution is 2.31. The first-order valence-corrected chi connectivity index (χ1v) is 10.6. The fourth-order valence-corrected chi connectivity index (χ4v) is 2.97. The van der Waals surface area contributed by atoms with E-state index in [0.717, 1.165) is 35.4 Å². The molecule has 0 spiro atoms. The Morgan fingerprint density at radius 2 is 1.41 bits per heavy atom. The van der Waals surface area contributed by atoms with E-state index in [2.05, 4.69) is 16.9 Å². The second-order valence-corrected chi connectivity index (χ2v) is 7.15. The zero-order valence-electron chi connectivity index (χ0n) is 17.0. The van der Waals surface area contributed by atoms with Crippen molar-refractivity contribution < 1.29 is 4.74 Å². The molecule has 6 heteroatoms. The summed E-state index contributed by atoms with van der Waals surface area (Å²) in [6, 6.07) is 15.0. The lowest BCUT2D eigenvalue weighted by atomic mass is 10.0. The van der Waals surface area contributed by atoms with E-state index in [4.69, 9.17) is 33.7 Å². The summed E-state index contributed by atoms with van der Waals surface area (Å²) in [5, 5.41) is 1.34. The van der Waals surface area contributed by atoms with Crippen molar-refractivity contribution in [2.75, 3.05) is 6.61 Å². The normalized spacial score (nSPS) is 11.4. The van der Waals surface area contributed by atoms with E-state index in [0.29, 0.717) is 22.5 Å². The van der Waals surface area contributed by atoms with Crippen molar-refractivity contribution in [1.82, 2.24) is 9.97 Å². The van der Waals surface area contributed by atoms with Crippen molar-refractivity contribution in [3.8, 4) is 28.4 Å². The van der Waals surface area contributed by atoms with Crippen LogP contribution in [0.4, 0.5) is 0 Å². The summed E-state index contributed by atoms with van der Waals surface area (Å²) < 4.78 is 5.77. The SMILES string of the molecule is CC.CCCC(N)COc1cnc(-c2ccc(Cl)cc2)c(-c2ccc(Cl)cc2)n1. The van der Waals surface area contributed by atoms with Crippen molar-refractivity contribution in [2.24, 2.45) is 5.73 Å². The highest BCUT2D eigenvalue weighted by Gasteiger charge is 2.14. The van der Waals surface area contributed by atoms with Gasteiger partial charge in [-0.15, -0.1) is 0 Å². The van der Waals surface area contributed by atoms with E-state index >= 15 is 0 Å². The predicted molar refractivity (Wildman–Crippen MR) is 123 cm³/mol. The first-order chi connectivity index (χ1) is 14.1. The van der Waals surface area contributed by atoms with Gasteiger partial charge in [-0.1, -0.05) is 74.7 Å². The van der Waals surface area contributed by atoms with Crippen LogP contribution in [-0.4, -0.2) is 22.6 Å². The van der Waals surface area contributed by atoms with Crippen LogP contribution >= 0.6 is 23.2 Å². The van der Waals surface area contributed by atoms with Gasteiger partial charge in [0.1, 0.15) is 12.3 Å². The number of nitrogens with two attached hydrogens (primary N) is 1. The predicted octanol–water partition coefficient (Wildman–Crippen LogP) is 6.65. The standard InChI is InChI=1S/C21H21Cl2N3O.C2H6/c1-2-3-18(24)13-27-19-12-25-20(14-4-8-16(22)9-5-14)21(26-19)15-6-10-17(23)11-7-15;1-2/h4-12,18H,2-3,13,24H2,1H3;1-2H3. The van der Waals surface area contributed by atoms with Gasteiger partial charge in [0.25, 0.3) is 0 Å². The van der Waals surface area contributed by atoms with Crippen LogP contribution in [0, 0.1) is 0 Å². The summed E-state index contributed by atoms with van der Waals surface area (Å²) in [5.74, 6) is 0.448. The monoisotopic (exact) mass is 431 g/mol. The van der Waals surface area contributed by atoms with E-state index in [1.54, 1.807) is 6.20 Å².